The summed E-state index contributed by atoms with van der Waals surface area (Å²) in [4.78, 5) is 0. The molecule has 0 heterocycles. The Balaban J connectivity index is 2.58. The van der Waals surface area contributed by atoms with Gasteiger partial charge in [0.25, 0.3) is 0 Å². The molecule has 0 radical (unpaired) electrons. The Bertz CT molecular complexity index is 459. The van der Waals surface area contributed by atoms with Crippen molar-refractivity contribution in [1.82, 2.24) is 0 Å². The van der Waals surface area contributed by atoms with E-state index in [9.17, 15) is 4.39 Å². The van der Waals surface area contributed by atoms with Crippen LogP contribution in [0.2, 0.25) is 5.02 Å². The summed E-state index contributed by atoms with van der Waals surface area (Å²) in [6.45, 7) is 0. The molecule has 0 saturated carbocycles. The van der Waals surface area contributed by atoms with Gasteiger partial charge in [-0.25, -0.2) is 4.39 Å². The molecule has 0 aliphatic rings. The summed E-state index contributed by atoms with van der Waals surface area (Å²) < 4.78 is 12.7. The zero-order chi connectivity index (χ0) is 10.8. The van der Waals surface area contributed by atoms with Crippen LogP contribution in [-0.4, -0.2) is 0 Å². The molecule has 1 nitrogen and oxygen atoms in total. The van der Waals surface area contributed by atoms with Gasteiger partial charge in [0.1, 0.15) is 5.82 Å². The molecule has 0 saturated heterocycles. The van der Waals surface area contributed by atoms with Crippen molar-refractivity contribution in [3.63, 3.8) is 0 Å². The largest absolute Gasteiger partial charge is 0.398 e. The molecule has 76 valence electrons. The van der Waals surface area contributed by atoms with Gasteiger partial charge in [-0.1, -0.05) is 29.8 Å². The highest BCUT2D eigenvalue weighted by atomic mass is 35.5. The van der Waals surface area contributed by atoms with E-state index in [1.807, 2.05) is 0 Å². The van der Waals surface area contributed by atoms with E-state index in [4.69, 9.17) is 17.3 Å². The minimum Gasteiger partial charge on any atom is -0.398 e. The minimum absolute atomic E-state index is 0.274. The summed E-state index contributed by atoms with van der Waals surface area (Å²) in [7, 11) is 0. The average molecular weight is 222 g/mol. The second-order valence-electron chi connectivity index (χ2n) is 3.21. The van der Waals surface area contributed by atoms with E-state index in [-0.39, 0.29) is 5.82 Å². The first-order valence-electron chi connectivity index (χ1n) is 4.48. The Kier molecular flexibility index (Phi) is 2.60. The summed E-state index contributed by atoms with van der Waals surface area (Å²) in [6, 6.07) is 11.4. The number of halogens is 2. The van der Waals surface area contributed by atoms with Gasteiger partial charge in [0, 0.05) is 11.3 Å². The van der Waals surface area contributed by atoms with E-state index in [0.717, 1.165) is 11.1 Å². The molecular formula is C12H9ClFN. The number of anilines is 1. The molecule has 0 aliphatic heterocycles. The molecule has 0 amide bonds. The Morgan fingerprint density at radius 2 is 1.67 bits per heavy atom. The van der Waals surface area contributed by atoms with Crippen molar-refractivity contribution in [1.29, 1.82) is 0 Å². The van der Waals surface area contributed by atoms with Gasteiger partial charge in [0.2, 0.25) is 0 Å². The van der Waals surface area contributed by atoms with Crippen LogP contribution >= 0.6 is 11.6 Å². The van der Waals surface area contributed by atoms with Crippen LogP contribution in [0.15, 0.2) is 42.5 Å². The third kappa shape index (κ3) is 1.95. The van der Waals surface area contributed by atoms with Crippen LogP contribution in [0.4, 0.5) is 10.1 Å². The highest BCUT2D eigenvalue weighted by Crippen LogP contribution is 2.32. The number of hydrogen-bond donors (Lipinski definition) is 1. The van der Waals surface area contributed by atoms with Gasteiger partial charge >= 0.3 is 0 Å². The topological polar surface area (TPSA) is 26.0 Å². The maximum absolute atomic E-state index is 12.7. The quantitative estimate of drug-likeness (QED) is 0.730. The number of hydrogen-bond acceptors (Lipinski definition) is 1. The molecule has 2 rings (SSSR count). The summed E-state index contributed by atoms with van der Waals surface area (Å²) in [5.74, 6) is -0.274. The van der Waals surface area contributed by atoms with E-state index < -0.39 is 0 Å². The third-order valence-corrected chi connectivity index (χ3v) is 2.49. The fraction of sp³-hybridized carbons (Fsp3) is 0. The zero-order valence-corrected chi connectivity index (χ0v) is 8.63. The van der Waals surface area contributed by atoms with E-state index in [1.165, 1.54) is 12.1 Å². The van der Waals surface area contributed by atoms with Gasteiger partial charge in [-0.05, 0) is 29.8 Å². The van der Waals surface area contributed by atoms with Crippen molar-refractivity contribution in [2.45, 2.75) is 0 Å². The van der Waals surface area contributed by atoms with Crippen molar-refractivity contribution < 1.29 is 4.39 Å². The monoisotopic (exact) mass is 221 g/mol. The molecule has 0 bridgehead atoms. The maximum Gasteiger partial charge on any atom is 0.123 e. The van der Waals surface area contributed by atoms with Crippen LogP contribution in [-0.2, 0) is 0 Å². The van der Waals surface area contributed by atoms with Gasteiger partial charge in [-0.2, -0.15) is 0 Å². The van der Waals surface area contributed by atoms with E-state index >= 15 is 0 Å². The SMILES string of the molecule is Nc1cccc(Cl)c1-c1ccc(F)cc1. The van der Waals surface area contributed by atoms with Gasteiger partial charge < -0.3 is 5.73 Å². The maximum atomic E-state index is 12.7. The van der Waals surface area contributed by atoms with Crippen molar-refractivity contribution in [2.75, 3.05) is 5.73 Å². The van der Waals surface area contributed by atoms with Crippen molar-refractivity contribution in [2.24, 2.45) is 0 Å². The molecule has 0 atom stereocenters. The fourth-order valence-electron chi connectivity index (χ4n) is 1.46. The first-order chi connectivity index (χ1) is 7.18. The first kappa shape index (κ1) is 9.99. The zero-order valence-electron chi connectivity index (χ0n) is 7.87. The number of nitrogens with two attached hydrogens (primary N) is 1. The van der Waals surface area contributed by atoms with E-state index in [1.54, 1.807) is 30.3 Å². The second-order valence-corrected chi connectivity index (χ2v) is 3.62. The highest BCUT2D eigenvalue weighted by molar-refractivity contribution is 6.34. The summed E-state index contributed by atoms with van der Waals surface area (Å²) in [5.41, 5.74) is 7.97. The molecule has 0 unspecified atom stereocenters. The molecule has 0 fully saturated rings. The van der Waals surface area contributed by atoms with Crippen LogP contribution in [0.5, 0.6) is 0 Å². The molecule has 2 aromatic carbocycles. The number of rotatable bonds is 1. The molecule has 2 aromatic rings. The smallest absolute Gasteiger partial charge is 0.123 e. The summed E-state index contributed by atoms with van der Waals surface area (Å²) >= 11 is 6.03. The Morgan fingerprint density at radius 3 is 2.27 bits per heavy atom. The normalized spacial score (nSPS) is 10.3. The molecule has 15 heavy (non-hydrogen) atoms. The lowest BCUT2D eigenvalue weighted by molar-refractivity contribution is 0.628. The van der Waals surface area contributed by atoms with Gasteiger partial charge in [0.05, 0.1) is 5.02 Å². The van der Waals surface area contributed by atoms with E-state index in [2.05, 4.69) is 0 Å². The molecule has 0 aliphatic carbocycles. The summed E-state index contributed by atoms with van der Waals surface area (Å²) in [5, 5.41) is 0.571. The molecule has 2 N–H and O–H groups in total. The van der Waals surface area contributed by atoms with Crippen molar-refractivity contribution >= 4 is 17.3 Å². The highest BCUT2D eigenvalue weighted by Gasteiger charge is 2.06. The van der Waals surface area contributed by atoms with Crippen LogP contribution in [0.3, 0.4) is 0 Å². The van der Waals surface area contributed by atoms with Crippen LogP contribution in [0.1, 0.15) is 0 Å². The van der Waals surface area contributed by atoms with E-state index in [0.29, 0.717) is 10.7 Å². The molecule has 0 aromatic heterocycles. The molecule has 3 heteroatoms. The number of nitrogen functional groups attached to an aromatic ring is 1. The number of benzene rings is 2. The van der Waals surface area contributed by atoms with Gasteiger partial charge in [-0.15, -0.1) is 0 Å². The lowest BCUT2D eigenvalue weighted by Crippen LogP contribution is -1.90. The Labute approximate surface area is 92.3 Å². The Hall–Kier alpha value is -1.54. The molecule has 0 spiro atoms. The van der Waals surface area contributed by atoms with Crippen molar-refractivity contribution in [3.8, 4) is 11.1 Å². The van der Waals surface area contributed by atoms with Crippen LogP contribution < -0.4 is 5.73 Å². The standard InChI is InChI=1S/C12H9ClFN/c13-10-2-1-3-11(15)12(10)8-4-6-9(14)7-5-8/h1-7H,15H2. The fourth-order valence-corrected chi connectivity index (χ4v) is 1.75. The predicted molar refractivity (Wildman–Crippen MR) is 61.3 cm³/mol. The first-order valence-corrected chi connectivity index (χ1v) is 4.86. The Morgan fingerprint density at radius 1 is 1.00 bits per heavy atom. The minimum atomic E-state index is -0.274. The van der Waals surface area contributed by atoms with Gasteiger partial charge in [0.15, 0.2) is 0 Å². The van der Waals surface area contributed by atoms with Crippen molar-refractivity contribution in [3.05, 3.63) is 53.3 Å². The molecular weight excluding hydrogens is 213 g/mol. The van der Waals surface area contributed by atoms with Gasteiger partial charge in [-0.3, -0.25) is 0 Å². The lowest BCUT2D eigenvalue weighted by Gasteiger charge is -2.07. The summed E-state index contributed by atoms with van der Waals surface area (Å²) in [6.07, 6.45) is 0. The van der Waals surface area contributed by atoms with Crippen LogP contribution in [0, 0.1) is 5.82 Å². The second kappa shape index (κ2) is 3.91. The average Bonchev–Trinajstić information content (AvgIpc) is 2.20. The predicted octanol–water partition coefficient (Wildman–Crippen LogP) is 3.73. The van der Waals surface area contributed by atoms with Crippen LogP contribution in [0.25, 0.3) is 11.1 Å². The third-order valence-electron chi connectivity index (χ3n) is 2.18. The lowest BCUT2D eigenvalue weighted by atomic mass is 10.0.